The third-order valence-electron chi connectivity index (χ3n) is 0.499. The fraction of sp³-hybridized carbons (Fsp3) is 1.00. The summed E-state index contributed by atoms with van der Waals surface area (Å²) in [5, 5.41) is 1.91. The Morgan fingerprint density at radius 1 is 1.33 bits per heavy atom. The monoisotopic (exact) mass is 265 g/mol. The van der Waals surface area contributed by atoms with Crippen molar-refractivity contribution in [2.45, 2.75) is 0 Å². The van der Waals surface area contributed by atoms with Crippen LogP contribution in [0, 0.1) is 0 Å². The topological polar surface area (TPSA) is 109 Å². The van der Waals surface area contributed by atoms with Crippen molar-refractivity contribution >= 4 is 21.2 Å². The van der Waals surface area contributed by atoms with Crippen molar-refractivity contribution in [3.05, 3.63) is 0 Å². The van der Waals surface area contributed by atoms with Crippen LogP contribution < -0.4 is 108 Å². The van der Waals surface area contributed by atoms with Gasteiger partial charge in [0.15, 0.2) is 0 Å². The normalized spacial score (nSPS) is 12.5. The quantitative estimate of drug-likeness (QED) is 0.307. The van der Waals surface area contributed by atoms with E-state index < -0.39 is 33.0 Å². The van der Waals surface area contributed by atoms with Gasteiger partial charge in [0.25, 0.3) is 0 Å². The molecule has 0 radical (unpaired) electrons. The minimum absolute atomic E-state index is 0. The molecule has 6 nitrogen and oxygen atoms in total. The van der Waals surface area contributed by atoms with Gasteiger partial charge in [0.05, 0.1) is 11.8 Å². The van der Waals surface area contributed by atoms with E-state index in [0.29, 0.717) is 0 Å². The summed E-state index contributed by atoms with van der Waals surface area (Å²) in [6.07, 6.45) is 0. The molecule has 0 aliphatic heterocycles. The van der Waals surface area contributed by atoms with Crippen LogP contribution in [-0.4, -0.2) is 33.5 Å². The Labute approximate surface area is 159 Å². The van der Waals surface area contributed by atoms with Gasteiger partial charge in [0, 0.05) is 0 Å². The number of hydrogen-bond donors (Lipinski definition) is 1. The Hall–Kier alpha value is 3.25. The molecule has 0 aromatic carbocycles. The van der Waals surface area contributed by atoms with E-state index in [-0.39, 0.29) is 103 Å². The van der Waals surface area contributed by atoms with Gasteiger partial charge < -0.3 is 9.11 Å². The van der Waals surface area contributed by atoms with E-state index in [4.69, 9.17) is 0 Å². The molecule has 0 amide bonds. The SMILES string of the molecule is O=S([O-])CNCS(=O)(=O)[O-].[K+].[K+]. The van der Waals surface area contributed by atoms with Gasteiger partial charge >= 0.3 is 103 Å². The smallest absolute Gasteiger partial charge is 0.771 e. The summed E-state index contributed by atoms with van der Waals surface area (Å²) < 4.78 is 48.8. The van der Waals surface area contributed by atoms with E-state index in [1.54, 1.807) is 0 Å². The molecule has 0 aliphatic carbocycles. The van der Waals surface area contributed by atoms with E-state index >= 15 is 0 Å². The summed E-state index contributed by atoms with van der Waals surface area (Å²) in [4.78, 5) is 0. The molecule has 0 heterocycles. The van der Waals surface area contributed by atoms with E-state index in [1.807, 2.05) is 5.32 Å². The number of nitrogens with one attached hydrogen (secondary N) is 1. The Balaban J connectivity index is -0.000000405. The maximum Gasteiger partial charge on any atom is 1.00 e. The van der Waals surface area contributed by atoms with Crippen molar-refractivity contribution in [2.24, 2.45) is 0 Å². The fourth-order valence-electron chi connectivity index (χ4n) is 0.250. The second kappa shape index (κ2) is 10.8. The van der Waals surface area contributed by atoms with Gasteiger partial charge in [0.1, 0.15) is 10.1 Å². The van der Waals surface area contributed by atoms with Gasteiger partial charge in [-0.1, -0.05) is 0 Å². The molecule has 0 aliphatic rings. The van der Waals surface area contributed by atoms with Gasteiger partial charge in [-0.05, 0) is 11.1 Å². The largest absolute Gasteiger partial charge is 1.00 e. The molecule has 0 spiro atoms. The Bertz CT molecular complexity index is 215. The molecular weight excluding hydrogens is 260 g/mol. The Kier molecular flexibility index (Phi) is 18.5. The zero-order chi connectivity index (χ0) is 8.20. The van der Waals surface area contributed by atoms with Crippen LogP contribution in [0.1, 0.15) is 0 Å². The van der Waals surface area contributed by atoms with Crippen LogP contribution in [0.2, 0.25) is 0 Å². The molecule has 1 N–H and O–H groups in total. The predicted octanol–water partition coefficient (Wildman–Crippen LogP) is -8.08. The molecule has 0 aromatic rings. The Morgan fingerprint density at radius 3 is 2.00 bits per heavy atom. The average molecular weight is 265 g/mol. The minimum atomic E-state index is -4.35. The summed E-state index contributed by atoms with van der Waals surface area (Å²) in [7, 11) is -4.35. The molecule has 1 atom stereocenters. The molecule has 0 fully saturated rings. The molecule has 0 rings (SSSR count). The molecule has 0 saturated heterocycles. The first-order chi connectivity index (χ1) is 4.42. The molecule has 62 valence electrons. The first-order valence-corrected chi connectivity index (χ1v) is 4.94. The van der Waals surface area contributed by atoms with Crippen LogP contribution >= 0.6 is 0 Å². The Morgan fingerprint density at radius 2 is 1.75 bits per heavy atom. The zero-order valence-electron chi connectivity index (χ0n) is 6.77. The first kappa shape index (κ1) is 20.6. The van der Waals surface area contributed by atoms with Gasteiger partial charge in [-0.2, -0.15) is 0 Å². The second-order valence-electron chi connectivity index (χ2n) is 1.40. The van der Waals surface area contributed by atoms with Crippen LogP contribution in [0.15, 0.2) is 0 Å². The van der Waals surface area contributed by atoms with Crippen LogP contribution in [-0.2, 0) is 21.2 Å². The van der Waals surface area contributed by atoms with Crippen LogP contribution in [0.4, 0.5) is 0 Å². The minimum Gasteiger partial charge on any atom is -0.771 e. The van der Waals surface area contributed by atoms with Crippen LogP contribution in [0.3, 0.4) is 0 Å². The molecular formula is C2H5K2NO5S2. The molecule has 0 saturated carbocycles. The van der Waals surface area contributed by atoms with Crippen molar-refractivity contribution in [1.29, 1.82) is 0 Å². The van der Waals surface area contributed by atoms with E-state index in [0.717, 1.165) is 0 Å². The van der Waals surface area contributed by atoms with Crippen molar-refractivity contribution in [3.8, 4) is 0 Å². The van der Waals surface area contributed by atoms with Crippen molar-refractivity contribution < 1.29 is 125 Å². The molecule has 12 heavy (non-hydrogen) atoms. The van der Waals surface area contributed by atoms with Crippen molar-refractivity contribution in [2.75, 3.05) is 11.8 Å². The molecule has 10 heteroatoms. The maximum atomic E-state index is 9.79. The van der Waals surface area contributed by atoms with Gasteiger partial charge in [-0.25, -0.2) is 8.42 Å². The zero-order valence-corrected chi connectivity index (χ0v) is 14.7. The van der Waals surface area contributed by atoms with Gasteiger partial charge in [-0.15, -0.1) is 0 Å². The summed E-state index contributed by atoms with van der Waals surface area (Å²) in [6.45, 7) is 0. The van der Waals surface area contributed by atoms with Crippen LogP contribution in [0.25, 0.3) is 0 Å². The van der Waals surface area contributed by atoms with Crippen molar-refractivity contribution in [3.63, 3.8) is 0 Å². The standard InChI is InChI=1S/C2H7NO5S2.2K/c4-9(5)1-3-2-10(6,7)8;;/h3H,1-2H2,(H,4,5)(H,6,7,8);;/q;2*+1/p-2. The van der Waals surface area contributed by atoms with E-state index in [1.165, 1.54) is 0 Å². The summed E-state index contributed by atoms with van der Waals surface area (Å²) in [5.41, 5.74) is 0. The summed E-state index contributed by atoms with van der Waals surface area (Å²) >= 11 is -2.36. The first-order valence-electron chi connectivity index (χ1n) is 2.12. The molecule has 0 aromatic heterocycles. The summed E-state index contributed by atoms with van der Waals surface area (Å²) in [5.74, 6) is -1.39. The van der Waals surface area contributed by atoms with Gasteiger partial charge in [-0.3, -0.25) is 9.53 Å². The van der Waals surface area contributed by atoms with E-state index in [9.17, 15) is 21.7 Å². The third kappa shape index (κ3) is 18.9. The summed E-state index contributed by atoms with van der Waals surface area (Å²) in [6, 6.07) is 0. The maximum absolute atomic E-state index is 9.79. The molecule has 0 bridgehead atoms. The number of hydrogen-bond acceptors (Lipinski definition) is 6. The van der Waals surface area contributed by atoms with E-state index in [2.05, 4.69) is 0 Å². The van der Waals surface area contributed by atoms with Crippen LogP contribution in [0.5, 0.6) is 0 Å². The molecule has 1 unspecified atom stereocenters. The van der Waals surface area contributed by atoms with Crippen molar-refractivity contribution in [1.82, 2.24) is 5.32 Å². The number of rotatable bonds is 4. The average Bonchev–Trinajstić information content (AvgIpc) is 1.59. The fourth-order valence-corrected chi connectivity index (χ4v) is 1.000. The van der Waals surface area contributed by atoms with Gasteiger partial charge in [0.2, 0.25) is 0 Å². The third-order valence-corrected chi connectivity index (χ3v) is 1.50. The predicted molar refractivity (Wildman–Crippen MR) is 31.5 cm³/mol. The second-order valence-corrected chi connectivity index (χ2v) is 3.70.